The zero-order valence-corrected chi connectivity index (χ0v) is 23.8. The molecule has 7 heteroatoms. The molecule has 4 aliphatic carbocycles. The Morgan fingerprint density at radius 3 is 2.16 bits per heavy atom. The number of fused-ring (bicyclic) bond motifs is 5. The highest BCUT2D eigenvalue weighted by Crippen LogP contribution is 2.75. The molecule has 0 heterocycles. The van der Waals surface area contributed by atoms with E-state index in [1.165, 1.54) is 6.92 Å². The number of rotatable bonds is 5. The summed E-state index contributed by atoms with van der Waals surface area (Å²) in [4.78, 5) is 26.2. The fraction of sp³-hybridized carbons (Fsp3) is 0.867. The van der Waals surface area contributed by atoms with Gasteiger partial charge >= 0.3 is 0 Å². The number of carbonyl (C=O) groups excluding carboxylic acids is 2. The molecule has 7 nitrogen and oxygen atoms in total. The molecule has 0 spiro atoms. The van der Waals surface area contributed by atoms with Crippen molar-refractivity contribution in [1.29, 1.82) is 0 Å². The SMILES string of the molecule is CC(C)(O)CCC(=O)[C@](C)(O)C1[C@H](O)C[C@@]2(C)[C@@H]3CC=C4[C@@H](CC(=O)[C@H](O)C4(C)C)[C@]3(C)C(O)C[C@]12C. The Hall–Kier alpha value is -1.12. The summed E-state index contributed by atoms with van der Waals surface area (Å²) in [6, 6.07) is 0. The van der Waals surface area contributed by atoms with Gasteiger partial charge in [-0.05, 0) is 69.1 Å². The number of aliphatic hydroxyl groups is 5. The number of allylic oxidation sites excluding steroid dienone is 1. The van der Waals surface area contributed by atoms with Crippen LogP contribution in [0.25, 0.3) is 0 Å². The fourth-order valence-corrected chi connectivity index (χ4v) is 9.47. The predicted molar refractivity (Wildman–Crippen MR) is 139 cm³/mol. The van der Waals surface area contributed by atoms with Crippen molar-refractivity contribution >= 4 is 11.6 Å². The van der Waals surface area contributed by atoms with Crippen LogP contribution in [0.3, 0.4) is 0 Å². The Labute approximate surface area is 221 Å². The molecule has 4 rings (SSSR count). The molecule has 10 atom stereocenters. The second-order valence-electron chi connectivity index (χ2n) is 14.8. The minimum absolute atomic E-state index is 0.0100. The molecular weight excluding hydrogens is 472 g/mol. The van der Waals surface area contributed by atoms with Crippen molar-refractivity contribution in [1.82, 2.24) is 0 Å². The Kier molecular flexibility index (Phi) is 6.59. The summed E-state index contributed by atoms with van der Waals surface area (Å²) in [6.45, 7) is 14.7. The highest BCUT2D eigenvalue weighted by Gasteiger charge is 2.74. The van der Waals surface area contributed by atoms with E-state index in [-0.39, 0.29) is 43.3 Å². The maximum Gasteiger partial charge on any atom is 0.164 e. The van der Waals surface area contributed by atoms with Crippen LogP contribution in [0.15, 0.2) is 11.6 Å². The Morgan fingerprint density at radius 1 is 1.00 bits per heavy atom. The Balaban J connectivity index is 1.76. The lowest BCUT2D eigenvalue weighted by molar-refractivity contribution is -0.215. The van der Waals surface area contributed by atoms with Crippen LogP contribution in [0.4, 0.5) is 0 Å². The third-order valence-electron chi connectivity index (χ3n) is 11.8. The van der Waals surface area contributed by atoms with Crippen molar-refractivity contribution < 1.29 is 35.1 Å². The van der Waals surface area contributed by atoms with Gasteiger partial charge in [0.15, 0.2) is 11.6 Å². The van der Waals surface area contributed by atoms with E-state index in [0.717, 1.165) is 5.57 Å². The van der Waals surface area contributed by atoms with Crippen LogP contribution in [0, 0.1) is 39.4 Å². The van der Waals surface area contributed by atoms with Crippen LogP contribution in [-0.4, -0.2) is 66.6 Å². The standard InChI is InChI=1S/C30H48O7/c1-25(2,36)12-11-21(33)30(8,37)23-19(32)14-27(5)20-10-9-16-17(13-18(31)24(35)26(16,3)4)29(20,7)22(34)15-28(23,27)6/h9,17,19-20,22-24,32,34-37H,10-15H2,1-8H3/t17-,19-,20+,22?,23?,24+,27+,28-,29+,30+/m1/s1. The lowest BCUT2D eigenvalue weighted by Crippen LogP contribution is -2.66. The average molecular weight is 521 g/mol. The fourth-order valence-electron chi connectivity index (χ4n) is 9.47. The summed E-state index contributed by atoms with van der Waals surface area (Å²) in [7, 11) is 0. The Bertz CT molecular complexity index is 1010. The number of carbonyl (C=O) groups is 2. The molecule has 210 valence electrons. The van der Waals surface area contributed by atoms with Crippen molar-refractivity contribution in [2.24, 2.45) is 39.4 Å². The first-order valence-corrected chi connectivity index (χ1v) is 13.9. The van der Waals surface area contributed by atoms with Crippen molar-refractivity contribution in [2.75, 3.05) is 0 Å². The molecule has 0 saturated heterocycles. The molecule has 0 aromatic carbocycles. The molecule has 3 saturated carbocycles. The minimum atomic E-state index is -1.83. The van der Waals surface area contributed by atoms with Crippen LogP contribution in [0.5, 0.6) is 0 Å². The van der Waals surface area contributed by atoms with E-state index >= 15 is 0 Å². The average Bonchev–Trinajstić information content (AvgIpc) is 2.96. The minimum Gasteiger partial charge on any atom is -0.393 e. The van der Waals surface area contributed by atoms with Gasteiger partial charge in [-0.2, -0.15) is 0 Å². The lowest BCUT2D eigenvalue weighted by Gasteiger charge is -2.67. The summed E-state index contributed by atoms with van der Waals surface area (Å²) in [5.41, 5.74) is -4.49. The van der Waals surface area contributed by atoms with Crippen molar-refractivity contribution in [3.8, 4) is 0 Å². The predicted octanol–water partition coefficient (Wildman–Crippen LogP) is 2.94. The highest BCUT2D eigenvalue weighted by molar-refractivity contribution is 5.87. The van der Waals surface area contributed by atoms with E-state index in [1.54, 1.807) is 13.8 Å². The number of aliphatic hydroxyl groups excluding tert-OH is 3. The second kappa shape index (κ2) is 8.44. The molecule has 0 aromatic heterocycles. The largest absolute Gasteiger partial charge is 0.393 e. The van der Waals surface area contributed by atoms with Gasteiger partial charge in [0.05, 0.1) is 17.8 Å². The van der Waals surface area contributed by atoms with E-state index in [1.807, 2.05) is 20.8 Å². The summed E-state index contributed by atoms with van der Waals surface area (Å²) < 4.78 is 0. The Morgan fingerprint density at radius 2 is 1.59 bits per heavy atom. The van der Waals surface area contributed by atoms with E-state index < -0.39 is 62.9 Å². The molecular formula is C30H48O7. The monoisotopic (exact) mass is 520 g/mol. The number of hydrogen-bond acceptors (Lipinski definition) is 7. The maximum atomic E-state index is 13.3. The van der Waals surface area contributed by atoms with Gasteiger partial charge in [-0.1, -0.05) is 46.3 Å². The number of hydrogen-bond donors (Lipinski definition) is 5. The summed E-state index contributed by atoms with van der Waals surface area (Å²) in [6.07, 6.45) is 0.968. The first-order chi connectivity index (χ1) is 16.7. The summed E-state index contributed by atoms with van der Waals surface area (Å²) in [5, 5.41) is 55.8. The van der Waals surface area contributed by atoms with Crippen LogP contribution < -0.4 is 0 Å². The maximum absolute atomic E-state index is 13.3. The van der Waals surface area contributed by atoms with Crippen LogP contribution >= 0.6 is 0 Å². The normalized spacial score (nSPS) is 46.8. The molecule has 0 aliphatic heterocycles. The second-order valence-corrected chi connectivity index (χ2v) is 14.8. The van der Waals surface area contributed by atoms with E-state index in [9.17, 15) is 35.1 Å². The first-order valence-electron chi connectivity index (χ1n) is 13.9. The van der Waals surface area contributed by atoms with Gasteiger partial charge in [-0.15, -0.1) is 0 Å². The van der Waals surface area contributed by atoms with Gasteiger partial charge in [0, 0.05) is 29.6 Å². The smallest absolute Gasteiger partial charge is 0.164 e. The lowest BCUT2D eigenvalue weighted by atomic mass is 9.38. The third kappa shape index (κ3) is 3.86. The van der Waals surface area contributed by atoms with E-state index in [4.69, 9.17) is 0 Å². The number of Topliss-reactive ketones (excluding diaryl/α,β-unsaturated/α-hetero) is 2. The van der Waals surface area contributed by atoms with Crippen molar-refractivity contribution in [2.45, 2.75) is 123 Å². The quantitative estimate of drug-likeness (QED) is 0.352. The van der Waals surface area contributed by atoms with Gasteiger partial charge in [0.25, 0.3) is 0 Å². The van der Waals surface area contributed by atoms with Gasteiger partial charge in [0.2, 0.25) is 0 Å². The first kappa shape index (κ1) is 28.9. The van der Waals surface area contributed by atoms with Crippen molar-refractivity contribution in [3.63, 3.8) is 0 Å². The zero-order valence-electron chi connectivity index (χ0n) is 23.8. The highest BCUT2D eigenvalue weighted by atomic mass is 16.3. The van der Waals surface area contributed by atoms with Gasteiger partial charge < -0.3 is 25.5 Å². The van der Waals surface area contributed by atoms with Crippen LogP contribution in [0.1, 0.15) is 93.9 Å². The molecule has 0 radical (unpaired) electrons. The molecule has 0 bridgehead atoms. The molecule has 37 heavy (non-hydrogen) atoms. The molecule has 5 N–H and O–H groups in total. The molecule has 3 fully saturated rings. The van der Waals surface area contributed by atoms with Gasteiger partial charge in [-0.25, -0.2) is 0 Å². The topological polar surface area (TPSA) is 135 Å². The molecule has 0 amide bonds. The summed E-state index contributed by atoms with van der Waals surface area (Å²) in [5.74, 6) is -1.71. The van der Waals surface area contributed by atoms with E-state index in [2.05, 4.69) is 19.9 Å². The molecule has 2 unspecified atom stereocenters. The van der Waals surface area contributed by atoms with Crippen LogP contribution in [-0.2, 0) is 9.59 Å². The third-order valence-corrected chi connectivity index (χ3v) is 11.8. The molecule has 4 aliphatic rings. The summed E-state index contributed by atoms with van der Waals surface area (Å²) >= 11 is 0. The van der Waals surface area contributed by atoms with E-state index in [0.29, 0.717) is 12.8 Å². The number of ketones is 2. The molecule has 0 aromatic rings. The zero-order chi connectivity index (χ0) is 28.1. The van der Waals surface area contributed by atoms with Gasteiger partial charge in [-0.3, -0.25) is 9.59 Å². The van der Waals surface area contributed by atoms with Gasteiger partial charge in [0.1, 0.15) is 11.7 Å². The van der Waals surface area contributed by atoms with Crippen molar-refractivity contribution in [3.05, 3.63) is 11.6 Å². The van der Waals surface area contributed by atoms with Crippen LogP contribution in [0.2, 0.25) is 0 Å².